The maximum atomic E-state index is 13.6. The van der Waals surface area contributed by atoms with Crippen molar-refractivity contribution in [2.75, 3.05) is 6.61 Å². The molecule has 3 rings (SSSR count). The number of carbonyl (C=O) groups excluding carboxylic acids is 2. The third-order valence-electron chi connectivity index (χ3n) is 6.03. The lowest BCUT2D eigenvalue weighted by Crippen LogP contribution is -2.53. The first-order chi connectivity index (χ1) is 17.3. The minimum Gasteiger partial charge on any atom is -0.484 e. The summed E-state index contributed by atoms with van der Waals surface area (Å²) in [6, 6.07) is 21.9. The van der Waals surface area contributed by atoms with Crippen molar-refractivity contribution in [3.05, 3.63) is 99.0 Å². The van der Waals surface area contributed by atoms with Crippen LogP contribution >= 0.6 is 27.5 Å². The van der Waals surface area contributed by atoms with Gasteiger partial charge in [-0.3, -0.25) is 9.59 Å². The maximum absolute atomic E-state index is 13.6. The van der Waals surface area contributed by atoms with Gasteiger partial charge in [-0.05, 0) is 67.3 Å². The van der Waals surface area contributed by atoms with Crippen molar-refractivity contribution in [2.45, 2.75) is 52.2 Å². The van der Waals surface area contributed by atoms with Gasteiger partial charge in [0.05, 0.1) is 0 Å². The summed E-state index contributed by atoms with van der Waals surface area (Å²) in [5, 5.41) is 3.68. The molecular formula is C29H32BrClN2O3. The molecule has 0 aliphatic heterocycles. The van der Waals surface area contributed by atoms with Gasteiger partial charge in [0.2, 0.25) is 5.91 Å². The van der Waals surface area contributed by atoms with Crippen LogP contribution < -0.4 is 10.1 Å². The number of nitrogens with zero attached hydrogens (tertiary/aromatic N) is 1. The number of aryl methyl sites for hydroxylation is 1. The summed E-state index contributed by atoms with van der Waals surface area (Å²) in [5.74, 6) is 0.139. The molecule has 3 aromatic rings. The first kappa shape index (κ1) is 27.8. The lowest BCUT2D eigenvalue weighted by Gasteiger charge is -2.32. The number of rotatable bonds is 11. The fourth-order valence-electron chi connectivity index (χ4n) is 3.72. The normalized spacial score (nSPS) is 12.5. The van der Waals surface area contributed by atoms with Gasteiger partial charge < -0.3 is 15.0 Å². The molecule has 0 radical (unpaired) electrons. The highest BCUT2D eigenvalue weighted by atomic mass is 79.9. The van der Waals surface area contributed by atoms with Crippen molar-refractivity contribution in [3.8, 4) is 5.75 Å². The molecule has 5 nitrogen and oxygen atoms in total. The molecule has 0 saturated heterocycles. The zero-order valence-electron chi connectivity index (χ0n) is 20.8. The van der Waals surface area contributed by atoms with Gasteiger partial charge >= 0.3 is 0 Å². The predicted molar refractivity (Wildman–Crippen MR) is 148 cm³/mol. The molecule has 0 aromatic heterocycles. The third-order valence-corrected chi connectivity index (χ3v) is 7.17. The van der Waals surface area contributed by atoms with Crippen LogP contribution in [-0.4, -0.2) is 35.4 Å². The molecule has 7 heteroatoms. The van der Waals surface area contributed by atoms with Gasteiger partial charge in [0.25, 0.3) is 5.91 Å². The SMILES string of the molecule is CC[C@@H](C)NC(=O)[C@H](Cc1ccccc1)N(Cc1ccc(Cl)cc1)C(=O)COc1ccc(Br)c(C)c1. The summed E-state index contributed by atoms with van der Waals surface area (Å²) in [5.41, 5.74) is 2.86. The molecule has 0 spiro atoms. The van der Waals surface area contributed by atoms with E-state index >= 15 is 0 Å². The maximum Gasteiger partial charge on any atom is 0.261 e. The van der Waals surface area contributed by atoms with Crippen LogP contribution in [0.4, 0.5) is 0 Å². The molecule has 0 aliphatic carbocycles. The van der Waals surface area contributed by atoms with Crippen molar-refractivity contribution >= 4 is 39.3 Å². The second-order valence-corrected chi connectivity index (χ2v) is 10.2. The Balaban J connectivity index is 1.90. The van der Waals surface area contributed by atoms with Crippen LogP contribution in [-0.2, 0) is 22.6 Å². The highest BCUT2D eigenvalue weighted by Crippen LogP contribution is 2.22. The van der Waals surface area contributed by atoms with E-state index in [1.54, 1.807) is 17.0 Å². The van der Waals surface area contributed by atoms with Gasteiger partial charge in [-0.1, -0.05) is 76.9 Å². The van der Waals surface area contributed by atoms with Crippen LogP contribution in [0.25, 0.3) is 0 Å². The minimum atomic E-state index is -0.708. The summed E-state index contributed by atoms with van der Waals surface area (Å²) in [4.78, 5) is 28.7. The first-order valence-electron chi connectivity index (χ1n) is 12.0. The van der Waals surface area contributed by atoms with Crippen LogP contribution in [0.5, 0.6) is 5.75 Å². The lowest BCUT2D eigenvalue weighted by atomic mass is 10.0. The topological polar surface area (TPSA) is 58.6 Å². The number of carbonyl (C=O) groups is 2. The smallest absolute Gasteiger partial charge is 0.261 e. The average molecular weight is 572 g/mol. The Kier molecular flexibility index (Phi) is 10.4. The molecule has 0 heterocycles. The standard InChI is InChI=1S/C29H32BrClN2O3/c1-4-21(3)32-29(35)27(17-22-8-6-5-7-9-22)33(18-23-10-12-24(31)13-11-23)28(34)19-36-25-14-15-26(30)20(2)16-25/h5-16,21,27H,4,17-19H2,1-3H3,(H,32,35)/t21-,27+/m1/s1. The van der Waals surface area contributed by atoms with E-state index in [-0.39, 0.29) is 31.0 Å². The zero-order chi connectivity index (χ0) is 26.1. The number of ether oxygens (including phenoxy) is 1. The van der Waals surface area contributed by atoms with E-state index in [0.717, 1.165) is 27.6 Å². The van der Waals surface area contributed by atoms with Gasteiger partial charge in [0.15, 0.2) is 6.61 Å². The Morgan fingerprint density at radius 2 is 1.72 bits per heavy atom. The van der Waals surface area contributed by atoms with Crippen molar-refractivity contribution in [1.82, 2.24) is 10.2 Å². The highest BCUT2D eigenvalue weighted by Gasteiger charge is 2.31. The summed E-state index contributed by atoms with van der Waals surface area (Å²) in [6.45, 7) is 6.01. The summed E-state index contributed by atoms with van der Waals surface area (Å²) in [6.07, 6.45) is 1.18. The molecule has 3 aromatic carbocycles. The number of hydrogen-bond donors (Lipinski definition) is 1. The van der Waals surface area contributed by atoms with Crippen molar-refractivity contribution in [2.24, 2.45) is 0 Å². The molecule has 1 N–H and O–H groups in total. The lowest BCUT2D eigenvalue weighted by molar-refractivity contribution is -0.143. The van der Waals surface area contributed by atoms with Crippen LogP contribution in [0, 0.1) is 6.92 Å². The number of amides is 2. The molecule has 0 aliphatic rings. The molecule has 36 heavy (non-hydrogen) atoms. The molecule has 190 valence electrons. The summed E-state index contributed by atoms with van der Waals surface area (Å²) in [7, 11) is 0. The second kappa shape index (κ2) is 13.5. The Hall–Kier alpha value is -2.83. The van der Waals surface area contributed by atoms with E-state index in [0.29, 0.717) is 17.2 Å². The number of benzene rings is 3. The molecule has 0 saturated carbocycles. The van der Waals surface area contributed by atoms with Crippen LogP contribution in [0.15, 0.2) is 77.3 Å². The Morgan fingerprint density at radius 3 is 2.36 bits per heavy atom. The highest BCUT2D eigenvalue weighted by molar-refractivity contribution is 9.10. The molecule has 0 unspecified atom stereocenters. The largest absolute Gasteiger partial charge is 0.484 e. The predicted octanol–water partition coefficient (Wildman–Crippen LogP) is 6.34. The van der Waals surface area contributed by atoms with E-state index < -0.39 is 6.04 Å². The summed E-state index contributed by atoms with van der Waals surface area (Å²) >= 11 is 9.56. The summed E-state index contributed by atoms with van der Waals surface area (Å²) < 4.78 is 6.83. The third kappa shape index (κ3) is 8.10. The molecular weight excluding hydrogens is 540 g/mol. The van der Waals surface area contributed by atoms with E-state index in [1.165, 1.54) is 0 Å². The van der Waals surface area contributed by atoms with Crippen LogP contribution in [0.2, 0.25) is 5.02 Å². The average Bonchev–Trinajstić information content (AvgIpc) is 2.88. The van der Waals surface area contributed by atoms with Gasteiger partial charge in [-0.25, -0.2) is 0 Å². The van der Waals surface area contributed by atoms with Gasteiger partial charge in [-0.2, -0.15) is 0 Å². The zero-order valence-corrected chi connectivity index (χ0v) is 23.2. The fraction of sp³-hybridized carbons (Fsp3) is 0.310. The number of nitrogens with one attached hydrogen (secondary N) is 1. The number of hydrogen-bond acceptors (Lipinski definition) is 3. The second-order valence-electron chi connectivity index (χ2n) is 8.87. The van der Waals surface area contributed by atoms with Crippen LogP contribution in [0.3, 0.4) is 0 Å². The minimum absolute atomic E-state index is 0.00903. The Bertz CT molecular complexity index is 1150. The molecule has 2 atom stereocenters. The van der Waals surface area contributed by atoms with Crippen LogP contribution in [0.1, 0.15) is 37.0 Å². The quantitative estimate of drug-likeness (QED) is 0.292. The van der Waals surface area contributed by atoms with Gasteiger partial charge in [0.1, 0.15) is 11.8 Å². The Morgan fingerprint density at radius 1 is 1.03 bits per heavy atom. The molecule has 0 bridgehead atoms. The monoisotopic (exact) mass is 570 g/mol. The number of halogens is 2. The molecule has 2 amide bonds. The van der Waals surface area contributed by atoms with Crippen molar-refractivity contribution in [3.63, 3.8) is 0 Å². The van der Waals surface area contributed by atoms with E-state index in [9.17, 15) is 9.59 Å². The van der Waals surface area contributed by atoms with E-state index in [1.807, 2.05) is 81.4 Å². The van der Waals surface area contributed by atoms with E-state index in [2.05, 4.69) is 21.2 Å². The first-order valence-corrected chi connectivity index (χ1v) is 13.2. The molecule has 0 fully saturated rings. The van der Waals surface area contributed by atoms with Crippen molar-refractivity contribution < 1.29 is 14.3 Å². The van der Waals surface area contributed by atoms with Crippen molar-refractivity contribution in [1.29, 1.82) is 0 Å². The Labute approximate surface area is 226 Å². The van der Waals surface area contributed by atoms with E-state index in [4.69, 9.17) is 16.3 Å². The fourth-order valence-corrected chi connectivity index (χ4v) is 4.09. The van der Waals surface area contributed by atoms with Gasteiger partial charge in [-0.15, -0.1) is 0 Å². The van der Waals surface area contributed by atoms with Gasteiger partial charge in [0, 0.05) is 28.5 Å².